The molecule has 0 radical (unpaired) electrons. The number of nitrogens with zero attached hydrogens (tertiary/aromatic N) is 1. The molecule has 4 heteroatoms. The van der Waals surface area contributed by atoms with E-state index in [2.05, 4.69) is 5.32 Å². The number of nitrogens with one attached hydrogen (secondary N) is 1. The van der Waals surface area contributed by atoms with Crippen LogP contribution in [-0.2, 0) is 0 Å². The van der Waals surface area contributed by atoms with E-state index in [9.17, 15) is 5.11 Å². The van der Waals surface area contributed by atoms with E-state index in [0.717, 1.165) is 31.4 Å². The fraction of sp³-hybridized carbons (Fsp3) is 0.500. The number of nitriles is 1. The van der Waals surface area contributed by atoms with E-state index in [1.165, 1.54) is 6.42 Å². The highest BCUT2D eigenvalue weighted by Gasteiger charge is 2.31. The van der Waals surface area contributed by atoms with Crippen LogP contribution in [0.15, 0.2) is 18.2 Å². The molecular weight excluding hydrogens is 248 g/mol. The lowest BCUT2D eigenvalue weighted by atomic mass is 9.82. The van der Waals surface area contributed by atoms with Crippen molar-refractivity contribution in [1.29, 1.82) is 5.26 Å². The van der Waals surface area contributed by atoms with Crippen LogP contribution in [0.5, 0.6) is 0 Å². The molecule has 1 fully saturated rings. The van der Waals surface area contributed by atoms with E-state index >= 15 is 0 Å². The minimum atomic E-state index is -0.226. The van der Waals surface area contributed by atoms with Gasteiger partial charge in [-0.1, -0.05) is 30.9 Å². The third-order valence-corrected chi connectivity index (χ3v) is 3.93. The van der Waals surface area contributed by atoms with Gasteiger partial charge in [0, 0.05) is 5.69 Å². The predicted octanol–water partition coefficient (Wildman–Crippen LogP) is 3.32. The largest absolute Gasteiger partial charge is 0.394 e. The quantitative estimate of drug-likeness (QED) is 0.881. The number of aliphatic hydroxyl groups excluding tert-OH is 1. The Morgan fingerprint density at radius 1 is 1.33 bits per heavy atom. The van der Waals surface area contributed by atoms with Gasteiger partial charge in [-0.15, -0.1) is 0 Å². The van der Waals surface area contributed by atoms with Crippen molar-refractivity contribution in [1.82, 2.24) is 0 Å². The predicted molar refractivity (Wildman–Crippen MR) is 72.7 cm³/mol. The van der Waals surface area contributed by atoms with Gasteiger partial charge in [0.15, 0.2) is 0 Å². The van der Waals surface area contributed by atoms with Crippen molar-refractivity contribution in [2.75, 3.05) is 11.9 Å². The maximum Gasteiger partial charge on any atom is 0.101 e. The second-order valence-electron chi connectivity index (χ2n) is 4.93. The van der Waals surface area contributed by atoms with Gasteiger partial charge >= 0.3 is 0 Å². The highest BCUT2D eigenvalue weighted by Crippen LogP contribution is 2.32. The van der Waals surface area contributed by atoms with Crippen LogP contribution in [0.25, 0.3) is 0 Å². The molecule has 0 saturated heterocycles. The Hall–Kier alpha value is -1.24. The van der Waals surface area contributed by atoms with Gasteiger partial charge in [-0.05, 0) is 31.0 Å². The topological polar surface area (TPSA) is 56.0 Å². The first-order valence-electron chi connectivity index (χ1n) is 6.28. The average Bonchev–Trinajstić information content (AvgIpc) is 2.40. The smallest absolute Gasteiger partial charge is 0.101 e. The molecule has 0 amide bonds. The number of hydrogen-bond donors (Lipinski definition) is 2. The molecule has 2 rings (SSSR count). The van der Waals surface area contributed by atoms with Gasteiger partial charge in [0.2, 0.25) is 0 Å². The number of anilines is 1. The molecule has 96 valence electrons. The number of aliphatic hydroxyl groups is 1. The lowest BCUT2D eigenvalue weighted by Gasteiger charge is -2.37. The summed E-state index contributed by atoms with van der Waals surface area (Å²) in [6.45, 7) is 0.130. The molecule has 0 bridgehead atoms. The van der Waals surface area contributed by atoms with E-state index in [4.69, 9.17) is 16.9 Å². The van der Waals surface area contributed by atoms with Gasteiger partial charge < -0.3 is 10.4 Å². The van der Waals surface area contributed by atoms with Crippen LogP contribution in [0.4, 0.5) is 5.69 Å². The molecule has 0 unspecified atom stereocenters. The fourth-order valence-electron chi connectivity index (χ4n) is 2.54. The van der Waals surface area contributed by atoms with Crippen molar-refractivity contribution in [3.05, 3.63) is 28.8 Å². The van der Waals surface area contributed by atoms with Gasteiger partial charge in [-0.25, -0.2) is 0 Å². The van der Waals surface area contributed by atoms with Crippen molar-refractivity contribution >= 4 is 17.3 Å². The van der Waals surface area contributed by atoms with Crippen LogP contribution < -0.4 is 5.32 Å². The van der Waals surface area contributed by atoms with E-state index in [0.29, 0.717) is 10.6 Å². The van der Waals surface area contributed by atoms with Crippen molar-refractivity contribution in [2.45, 2.75) is 37.6 Å². The molecule has 0 spiro atoms. The van der Waals surface area contributed by atoms with Gasteiger partial charge in [-0.2, -0.15) is 5.26 Å². The molecule has 0 aromatic heterocycles. The summed E-state index contributed by atoms with van der Waals surface area (Å²) in [7, 11) is 0. The standard InChI is InChI=1S/C14H17ClN2O/c15-13-8-12(5-4-11(13)9-16)17-14(10-18)6-2-1-3-7-14/h4-5,8,17-18H,1-3,6-7,10H2. The highest BCUT2D eigenvalue weighted by atomic mass is 35.5. The summed E-state index contributed by atoms with van der Waals surface area (Å²) < 4.78 is 0. The first-order chi connectivity index (χ1) is 8.69. The molecule has 0 aliphatic heterocycles. The van der Waals surface area contributed by atoms with Gasteiger partial charge in [-0.3, -0.25) is 0 Å². The van der Waals surface area contributed by atoms with Crippen LogP contribution in [0.2, 0.25) is 5.02 Å². The van der Waals surface area contributed by atoms with Gasteiger partial charge in [0.05, 0.1) is 22.7 Å². The summed E-state index contributed by atoms with van der Waals surface area (Å²) in [5, 5.41) is 22.3. The van der Waals surface area contributed by atoms with Crippen molar-refractivity contribution in [3.8, 4) is 6.07 Å². The van der Waals surface area contributed by atoms with Crippen LogP contribution in [0.3, 0.4) is 0 Å². The van der Waals surface area contributed by atoms with E-state index in [1.807, 2.05) is 12.1 Å². The molecule has 1 aromatic rings. The van der Waals surface area contributed by atoms with Crippen molar-refractivity contribution < 1.29 is 5.11 Å². The lowest BCUT2D eigenvalue weighted by molar-refractivity contribution is 0.173. The minimum Gasteiger partial charge on any atom is -0.394 e. The Labute approximate surface area is 112 Å². The van der Waals surface area contributed by atoms with Crippen molar-refractivity contribution in [2.24, 2.45) is 0 Å². The van der Waals surface area contributed by atoms with Crippen LogP contribution >= 0.6 is 11.6 Å². The molecule has 1 aliphatic rings. The highest BCUT2D eigenvalue weighted by molar-refractivity contribution is 6.32. The molecule has 1 aliphatic carbocycles. The zero-order chi connectivity index (χ0) is 13.0. The summed E-state index contributed by atoms with van der Waals surface area (Å²) in [6, 6.07) is 7.35. The number of rotatable bonds is 3. The third kappa shape index (κ3) is 2.77. The molecule has 0 heterocycles. The van der Waals surface area contributed by atoms with E-state index in [1.54, 1.807) is 12.1 Å². The maximum absolute atomic E-state index is 9.63. The Kier molecular flexibility index (Phi) is 4.11. The summed E-state index contributed by atoms with van der Waals surface area (Å²) >= 11 is 6.01. The monoisotopic (exact) mass is 264 g/mol. The normalized spacial score (nSPS) is 18.1. The number of halogens is 1. The Morgan fingerprint density at radius 2 is 2.06 bits per heavy atom. The molecular formula is C14H17ClN2O. The first kappa shape index (κ1) is 13.2. The van der Waals surface area contributed by atoms with Crippen molar-refractivity contribution in [3.63, 3.8) is 0 Å². The zero-order valence-electron chi connectivity index (χ0n) is 10.2. The average molecular weight is 265 g/mol. The number of hydrogen-bond acceptors (Lipinski definition) is 3. The Balaban J connectivity index is 2.17. The minimum absolute atomic E-state index is 0.130. The molecule has 1 aromatic carbocycles. The fourth-order valence-corrected chi connectivity index (χ4v) is 2.76. The molecule has 18 heavy (non-hydrogen) atoms. The molecule has 1 saturated carbocycles. The molecule has 0 atom stereocenters. The molecule has 2 N–H and O–H groups in total. The van der Waals surface area contributed by atoms with Crippen LogP contribution in [0, 0.1) is 11.3 Å². The second-order valence-corrected chi connectivity index (χ2v) is 5.34. The maximum atomic E-state index is 9.63. The second kappa shape index (κ2) is 5.60. The summed E-state index contributed by atoms with van der Waals surface area (Å²) in [6.07, 6.45) is 5.45. The van der Waals surface area contributed by atoms with Gasteiger partial charge in [0.1, 0.15) is 6.07 Å². The Morgan fingerprint density at radius 3 is 2.61 bits per heavy atom. The van der Waals surface area contributed by atoms with Gasteiger partial charge in [0.25, 0.3) is 0 Å². The Bertz CT molecular complexity index is 461. The lowest BCUT2D eigenvalue weighted by Crippen LogP contribution is -2.43. The summed E-state index contributed by atoms with van der Waals surface area (Å²) in [4.78, 5) is 0. The molecule has 3 nitrogen and oxygen atoms in total. The third-order valence-electron chi connectivity index (χ3n) is 3.61. The zero-order valence-corrected chi connectivity index (χ0v) is 11.0. The summed E-state index contributed by atoms with van der Waals surface area (Å²) in [5.41, 5.74) is 1.12. The SMILES string of the molecule is N#Cc1ccc(NC2(CO)CCCCC2)cc1Cl. The summed E-state index contributed by atoms with van der Waals surface area (Å²) in [5.74, 6) is 0. The van der Waals surface area contributed by atoms with Crippen LogP contribution in [-0.4, -0.2) is 17.3 Å². The van der Waals surface area contributed by atoms with E-state index in [-0.39, 0.29) is 12.1 Å². The first-order valence-corrected chi connectivity index (χ1v) is 6.66. The van der Waals surface area contributed by atoms with Crippen LogP contribution in [0.1, 0.15) is 37.7 Å². The van der Waals surface area contributed by atoms with E-state index < -0.39 is 0 Å². The number of benzene rings is 1.